The summed E-state index contributed by atoms with van der Waals surface area (Å²) in [4.78, 5) is 8.70. The third-order valence-electron chi connectivity index (χ3n) is 13.9. The van der Waals surface area contributed by atoms with Crippen molar-refractivity contribution in [3.63, 3.8) is 0 Å². The van der Waals surface area contributed by atoms with Crippen molar-refractivity contribution in [2.24, 2.45) is 0 Å². The van der Waals surface area contributed by atoms with Crippen LogP contribution in [0.2, 0.25) is 0 Å². The van der Waals surface area contributed by atoms with E-state index < -0.39 is 0 Å². The molecule has 1 heterocycles. The molecule has 0 spiro atoms. The van der Waals surface area contributed by atoms with E-state index in [2.05, 4.69) is 152 Å². The molecule has 9 heteroatoms. The molecular weight excluding hydrogens is 967 g/mol. The van der Waals surface area contributed by atoms with Crippen LogP contribution in [0.25, 0.3) is 27.5 Å². The molecule has 0 bridgehead atoms. The number of hydrogen-bond donors (Lipinski definition) is 0. The van der Waals surface area contributed by atoms with E-state index in [0.717, 1.165) is 95.7 Å². The van der Waals surface area contributed by atoms with Gasteiger partial charge in [-0.05, 0) is 176 Å². The fourth-order valence-electron chi connectivity index (χ4n) is 10.5. The summed E-state index contributed by atoms with van der Waals surface area (Å²) in [6, 6.07) is 100. The van der Waals surface area contributed by atoms with Crippen LogP contribution in [0.15, 0.2) is 273 Å². The Hall–Kier alpha value is -11.6. The van der Waals surface area contributed by atoms with E-state index >= 15 is 0 Å². The molecule has 0 aliphatic carbocycles. The van der Waals surface area contributed by atoms with Gasteiger partial charge >= 0.3 is 0 Å². The zero-order valence-electron chi connectivity index (χ0n) is 42.5. The summed E-state index contributed by atoms with van der Waals surface area (Å²) in [5.74, 6) is 0. The number of hydrogen-bond acceptors (Lipinski definition) is 8. The van der Waals surface area contributed by atoms with E-state index in [1.54, 1.807) is 0 Å². The first kappa shape index (κ1) is 48.3. The summed E-state index contributed by atoms with van der Waals surface area (Å²) in [7, 11) is 0. The first-order valence-corrected chi connectivity index (χ1v) is 25.6. The second kappa shape index (κ2) is 21.3. The zero-order valence-corrected chi connectivity index (χ0v) is 42.5. The zero-order chi connectivity index (χ0) is 53.7. The minimum absolute atomic E-state index is 0.524. The average Bonchev–Trinajstić information content (AvgIpc) is 4.05. The molecule has 0 unspecified atom stereocenters. The second-order valence-corrected chi connectivity index (χ2v) is 18.8. The average molecular weight is 1010 g/mol. The minimum atomic E-state index is 0.524. The van der Waals surface area contributed by atoms with Crippen molar-refractivity contribution in [3.05, 3.63) is 295 Å². The first-order chi connectivity index (χ1) is 39.0. The van der Waals surface area contributed by atoms with Crippen LogP contribution in [0.4, 0.5) is 68.2 Å². The molecule has 11 aromatic carbocycles. The lowest BCUT2D eigenvalue weighted by molar-refractivity contribution is 1.16. The molecule has 0 aliphatic rings. The highest BCUT2D eigenvalue weighted by molar-refractivity contribution is 6.12. The normalized spacial score (nSPS) is 10.7. The Bertz CT molecular complexity index is 4120. The SMILES string of the molecule is N#Cc1cccc(N(c2ccccc2)c2cc(N(c3ccccc3)c3cccc(C#N)c3)cc(-n3c4ccc(N(c5ccccc5)c5cccc(C#N)c5)cc4c4cc(N(c5ccccc5)c5cccc(C#N)c5)ccc43)c2)c1. The van der Waals surface area contributed by atoms with Gasteiger partial charge in [-0.2, -0.15) is 21.0 Å². The molecule has 0 radical (unpaired) electrons. The van der Waals surface area contributed by atoms with Crippen LogP contribution in [0.3, 0.4) is 0 Å². The molecule has 9 nitrogen and oxygen atoms in total. The van der Waals surface area contributed by atoms with Gasteiger partial charge in [0.05, 0.1) is 74.6 Å². The van der Waals surface area contributed by atoms with E-state index in [-0.39, 0.29) is 0 Å². The van der Waals surface area contributed by atoms with Crippen LogP contribution in [0.5, 0.6) is 0 Å². The summed E-state index contributed by atoms with van der Waals surface area (Å²) < 4.78 is 2.31. The van der Waals surface area contributed by atoms with Gasteiger partial charge in [-0.3, -0.25) is 0 Å². The molecule has 0 N–H and O–H groups in total. The summed E-state index contributed by atoms with van der Waals surface area (Å²) in [6.45, 7) is 0. The summed E-state index contributed by atoms with van der Waals surface area (Å²) >= 11 is 0. The van der Waals surface area contributed by atoms with Crippen LogP contribution in [-0.4, -0.2) is 4.57 Å². The molecule has 370 valence electrons. The summed E-state index contributed by atoms with van der Waals surface area (Å²) in [5.41, 5.74) is 15.1. The highest BCUT2D eigenvalue weighted by Gasteiger charge is 2.24. The maximum Gasteiger partial charge on any atom is 0.0992 e. The Morgan fingerprint density at radius 3 is 0.785 bits per heavy atom. The minimum Gasteiger partial charge on any atom is -0.310 e. The molecule has 12 rings (SSSR count). The predicted molar refractivity (Wildman–Crippen MR) is 318 cm³/mol. The van der Waals surface area contributed by atoms with Gasteiger partial charge in [0.25, 0.3) is 0 Å². The third kappa shape index (κ3) is 9.48. The van der Waals surface area contributed by atoms with E-state index in [1.165, 1.54) is 0 Å². The van der Waals surface area contributed by atoms with Crippen molar-refractivity contribution in [3.8, 4) is 30.0 Å². The van der Waals surface area contributed by atoms with E-state index in [9.17, 15) is 21.0 Å². The van der Waals surface area contributed by atoms with Crippen molar-refractivity contribution in [2.45, 2.75) is 0 Å². The van der Waals surface area contributed by atoms with Gasteiger partial charge < -0.3 is 24.2 Å². The molecule has 0 saturated carbocycles. The van der Waals surface area contributed by atoms with Gasteiger partial charge in [0.1, 0.15) is 0 Å². The number of aromatic nitrogens is 1. The topological polar surface area (TPSA) is 113 Å². The van der Waals surface area contributed by atoms with Crippen LogP contribution < -0.4 is 19.6 Å². The maximum absolute atomic E-state index is 10.2. The molecule has 1 aromatic heterocycles. The van der Waals surface area contributed by atoms with Crippen molar-refractivity contribution in [2.75, 3.05) is 19.6 Å². The molecule has 79 heavy (non-hydrogen) atoms. The fraction of sp³-hybridized carbons (Fsp3) is 0. The maximum atomic E-state index is 10.2. The Morgan fingerprint density at radius 2 is 0.494 bits per heavy atom. The smallest absolute Gasteiger partial charge is 0.0992 e. The summed E-state index contributed by atoms with van der Waals surface area (Å²) in [5, 5.41) is 42.6. The first-order valence-electron chi connectivity index (χ1n) is 25.6. The number of para-hydroxylation sites is 4. The lowest BCUT2D eigenvalue weighted by atomic mass is 10.1. The van der Waals surface area contributed by atoms with Crippen LogP contribution >= 0.6 is 0 Å². The predicted octanol–water partition coefficient (Wildman–Crippen LogP) is 18.1. The molecule has 0 atom stereocenters. The van der Waals surface area contributed by atoms with Gasteiger partial charge in [0.15, 0.2) is 0 Å². The van der Waals surface area contributed by atoms with Crippen LogP contribution in [0.1, 0.15) is 22.3 Å². The standard InChI is InChI=1S/C70H45N9/c71-46-50-17-13-29-58(37-50)75(54-21-5-1-6-22-54)62-33-35-69-67(44-62)68-45-63(76(55-23-7-2-8-24-55)59-30-14-18-51(38-59)47-72)34-36-70(68)79(69)66-42-64(77(56-25-9-3-10-26-56)60-31-15-19-52(39-60)48-73)41-65(43-66)78(57-27-11-4-12-28-57)61-32-16-20-53(40-61)49-74/h1-45H. The van der Waals surface area contributed by atoms with Crippen molar-refractivity contribution in [1.82, 2.24) is 4.57 Å². The lowest BCUT2D eigenvalue weighted by Crippen LogP contribution is -2.14. The third-order valence-corrected chi connectivity index (χ3v) is 13.9. The Morgan fingerprint density at radius 1 is 0.228 bits per heavy atom. The quantitative estimate of drug-likeness (QED) is 0.112. The number of fused-ring (bicyclic) bond motifs is 3. The molecule has 12 aromatic rings. The Balaban J connectivity index is 1.18. The van der Waals surface area contributed by atoms with E-state index in [4.69, 9.17) is 0 Å². The summed E-state index contributed by atoms with van der Waals surface area (Å²) in [6.07, 6.45) is 0. The fourth-order valence-corrected chi connectivity index (χ4v) is 10.5. The molecule has 0 amide bonds. The van der Waals surface area contributed by atoms with Gasteiger partial charge in [-0.15, -0.1) is 0 Å². The highest BCUT2D eigenvalue weighted by Crippen LogP contribution is 2.47. The monoisotopic (exact) mass is 1010 g/mol. The Labute approximate surface area is 458 Å². The number of nitrogens with zero attached hydrogens (tertiary/aromatic N) is 9. The molecule has 0 saturated heterocycles. The number of benzene rings is 11. The number of rotatable bonds is 13. The van der Waals surface area contributed by atoms with Crippen molar-refractivity contribution >= 4 is 90.1 Å². The van der Waals surface area contributed by atoms with Crippen molar-refractivity contribution < 1.29 is 0 Å². The number of nitriles is 4. The van der Waals surface area contributed by atoms with E-state index in [0.29, 0.717) is 22.3 Å². The van der Waals surface area contributed by atoms with Gasteiger partial charge in [-0.25, -0.2) is 0 Å². The van der Waals surface area contributed by atoms with Crippen molar-refractivity contribution in [1.29, 1.82) is 21.0 Å². The van der Waals surface area contributed by atoms with Gasteiger partial charge in [0, 0.05) is 67.6 Å². The number of anilines is 12. The van der Waals surface area contributed by atoms with E-state index in [1.807, 2.05) is 170 Å². The van der Waals surface area contributed by atoms with Crippen LogP contribution in [0, 0.1) is 45.3 Å². The lowest BCUT2D eigenvalue weighted by Gasteiger charge is -2.30. The van der Waals surface area contributed by atoms with Gasteiger partial charge in [-0.1, -0.05) is 97.1 Å². The van der Waals surface area contributed by atoms with Gasteiger partial charge in [0.2, 0.25) is 0 Å². The largest absolute Gasteiger partial charge is 0.310 e. The highest BCUT2D eigenvalue weighted by atomic mass is 15.2. The molecule has 0 aliphatic heterocycles. The molecule has 0 fully saturated rings. The molecular formula is C70H45N9. The Kier molecular flexibility index (Phi) is 13.0. The van der Waals surface area contributed by atoms with Crippen LogP contribution in [-0.2, 0) is 0 Å². The second-order valence-electron chi connectivity index (χ2n) is 18.8.